The van der Waals surface area contributed by atoms with Gasteiger partial charge in [0.2, 0.25) is 0 Å². The molecule has 3 atom stereocenters. The number of thiocarbonyl (C=S) groups is 1. The standard InChI is InChI=1S/C18H25N3O2S/c1-12-7-13(15-5-6-19-10-16(15)20-11-24)9-14(8-12)21-17(22)23-18(2,3)4/h5-6,10,12-14H,7-9H2,1-4H3,(H,21,22). The van der Waals surface area contributed by atoms with Crippen LogP contribution >= 0.6 is 12.2 Å². The zero-order valence-electron chi connectivity index (χ0n) is 14.7. The molecule has 130 valence electrons. The summed E-state index contributed by atoms with van der Waals surface area (Å²) in [5.41, 5.74) is 1.39. The summed E-state index contributed by atoms with van der Waals surface area (Å²) in [6.45, 7) is 7.81. The smallest absolute Gasteiger partial charge is 0.407 e. The molecule has 1 aliphatic rings. The number of carbonyl (C=O) groups is 1. The second kappa shape index (κ2) is 7.86. The molecule has 1 saturated carbocycles. The lowest BCUT2D eigenvalue weighted by molar-refractivity contribution is 0.0482. The molecule has 24 heavy (non-hydrogen) atoms. The Balaban J connectivity index is 2.11. The molecule has 0 radical (unpaired) electrons. The lowest BCUT2D eigenvalue weighted by Gasteiger charge is -2.34. The number of nitrogens with zero attached hydrogens (tertiary/aromatic N) is 2. The number of carbonyl (C=O) groups excluding carboxylic acids is 1. The molecule has 0 bridgehead atoms. The molecule has 1 aromatic heterocycles. The predicted molar refractivity (Wildman–Crippen MR) is 97.8 cm³/mol. The number of aliphatic imine (C=N–C) groups is 1. The van der Waals surface area contributed by atoms with Crippen LogP contribution in [0.15, 0.2) is 23.5 Å². The van der Waals surface area contributed by atoms with Crippen molar-refractivity contribution in [2.45, 2.75) is 64.5 Å². The van der Waals surface area contributed by atoms with E-state index in [0.717, 1.165) is 30.5 Å². The molecule has 1 aromatic rings. The van der Waals surface area contributed by atoms with Gasteiger partial charge in [-0.25, -0.2) is 4.79 Å². The van der Waals surface area contributed by atoms with Crippen molar-refractivity contribution in [3.63, 3.8) is 0 Å². The second-order valence-corrected chi connectivity index (χ2v) is 7.67. The highest BCUT2D eigenvalue weighted by Crippen LogP contribution is 2.39. The van der Waals surface area contributed by atoms with Crippen LogP contribution in [0, 0.1) is 5.92 Å². The Kier molecular flexibility index (Phi) is 6.08. The summed E-state index contributed by atoms with van der Waals surface area (Å²) in [4.78, 5) is 20.3. The molecule has 6 heteroatoms. The SMILES string of the molecule is CC1CC(NC(=O)OC(C)(C)C)CC(c2ccncc2N=C=S)C1. The third-order valence-electron chi connectivity index (χ3n) is 4.10. The van der Waals surface area contributed by atoms with E-state index in [1.807, 2.05) is 26.8 Å². The van der Waals surface area contributed by atoms with Gasteiger partial charge >= 0.3 is 6.09 Å². The van der Waals surface area contributed by atoms with Crippen LogP contribution in [0.1, 0.15) is 58.4 Å². The second-order valence-electron chi connectivity index (χ2n) is 7.49. The van der Waals surface area contributed by atoms with E-state index < -0.39 is 5.60 Å². The maximum absolute atomic E-state index is 12.1. The number of alkyl carbamates (subject to hydrolysis) is 1. The number of nitrogens with one attached hydrogen (secondary N) is 1. The van der Waals surface area contributed by atoms with Crippen molar-refractivity contribution in [1.29, 1.82) is 0 Å². The first kappa shape index (κ1) is 18.6. The molecule has 0 aliphatic heterocycles. The fourth-order valence-electron chi connectivity index (χ4n) is 3.33. The minimum atomic E-state index is -0.490. The van der Waals surface area contributed by atoms with Gasteiger partial charge in [-0.2, -0.15) is 4.99 Å². The molecule has 0 spiro atoms. The van der Waals surface area contributed by atoms with E-state index >= 15 is 0 Å². The highest BCUT2D eigenvalue weighted by atomic mass is 32.1. The van der Waals surface area contributed by atoms with Gasteiger partial charge in [0, 0.05) is 12.2 Å². The maximum Gasteiger partial charge on any atom is 0.407 e. The fourth-order valence-corrected chi connectivity index (χ4v) is 3.43. The van der Waals surface area contributed by atoms with Crippen LogP contribution in [0.2, 0.25) is 0 Å². The van der Waals surface area contributed by atoms with Gasteiger partial charge in [0.05, 0.1) is 17.0 Å². The average Bonchev–Trinajstić information content (AvgIpc) is 2.45. The van der Waals surface area contributed by atoms with Crippen LogP contribution < -0.4 is 5.32 Å². The van der Waals surface area contributed by atoms with Crippen molar-refractivity contribution in [2.75, 3.05) is 0 Å². The lowest BCUT2D eigenvalue weighted by atomic mass is 9.76. The van der Waals surface area contributed by atoms with Crippen molar-refractivity contribution < 1.29 is 9.53 Å². The number of hydrogen-bond donors (Lipinski definition) is 1. The number of rotatable bonds is 3. The molecule has 1 heterocycles. The highest BCUT2D eigenvalue weighted by Gasteiger charge is 2.30. The first-order valence-electron chi connectivity index (χ1n) is 8.29. The van der Waals surface area contributed by atoms with Gasteiger partial charge in [-0.05, 0) is 75.7 Å². The number of aromatic nitrogens is 1. The third-order valence-corrected chi connectivity index (χ3v) is 4.19. The van der Waals surface area contributed by atoms with Crippen molar-refractivity contribution in [3.8, 4) is 0 Å². The molecule has 1 amide bonds. The minimum absolute atomic E-state index is 0.0890. The van der Waals surface area contributed by atoms with Gasteiger partial charge in [0.15, 0.2) is 0 Å². The fraction of sp³-hybridized carbons (Fsp3) is 0.611. The first-order chi connectivity index (χ1) is 11.3. The van der Waals surface area contributed by atoms with Gasteiger partial charge in [0.25, 0.3) is 0 Å². The molecular weight excluding hydrogens is 322 g/mol. The van der Waals surface area contributed by atoms with Crippen LogP contribution in [-0.4, -0.2) is 27.9 Å². The number of ether oxygens (including phenoxy) is 1. The van der Waals surface area contributed by atoms with Crippen LogP contribution in [0.25, 0.3) is 0 Å². The van der Waals surface area contributed by atoms with Crippen molar-refractivity contribution in [2.24, 2.45) is 10.9 Å². The topological polar surface area (TPSA) is 63.6 Å². The van der Waals surface area contributed by atoms with E-state index in [1.165, 1.54) is 0 Å². The van der Waals surface area contributed by atoms with Crippen molar-refractivity contribution >= 4 is 29.2 Å². The van der Waals surface area contributed by atoms with Crippen molar-refractivity contribution in [3.05, 3.63) is 24.0 Å². The Hall–Kier alpha value is -1.78. The molecule has 1 aliphatic carbocycles. The van der Waals surface area contributed by atoms with E-state index in [0.29, 0.717) is 11.8 Å². The van der Waals surface area contributed by atoms with Gasteiger partial charge < -0.3 is 10.1 Å². The van der Waals surface area contributed by atoms with Gasteiger partial charge in [0.1, 0.15) is 5.60 Å². The Morgan fingerprint density at radius 3 is 2.83 bits per heavy atom. The summed E-state index contributed by atoms with van der Waals surface area (Å²) in [6.07, 6.45) is 5.99. The van der Waals surface area contributed by atoms with Gasteiger partial charge in [-0.1, -0.05) is 6.92 Å². The summed E-state index contributed by atoms with van der Waals surface area (Å²) < 4.78 is 5.38. The summed E-state index contributed by atoms with van der Waals surface area (Å²) in [5, 5.41) is 5.44. The number of hydrogen-bond acceptors (Lipinski definition) is 5. The molecule has 0 saturated heterocycles. The van der Waals surface area contributed by atoms with Crippen LogP contribution in [0.4, 0.5) is 10.5 Å². The normalized spacial score (nSPS) is 23.9. The van der Waals surface area contributed by atoms with Crippen LogP contribution in [-0.2, 0) is 4.74 Å². The number of isothiocyanates is 1. The Bertz CT molecular complexity index is 635. The summed E-state index contributed by atoms with van der Waals surface area (Å²) in [6, 6.07) is 2.07. The molecule has 3 unspecified atom stereocenters. The Labute approximate surface area is 148 Å². The Morgan fingerprint density at radius 1 is 1.42 bits per heavy atom. The van der Waals surface area contributed by atoms with E-state index in [4.69, 9.17) is 17.0 Å². The first-order valence-corrected chi connectivity index (χ1v) is 8.70. The van der Waals surface area contributed by atoms with Gasteiger partial charge in [-0.15, -0.1) is 0 Å². The highest BCUT2D eigenvalue weighted by molar-refractivity contribution is 7.78. The van der Waals surface area contributed by atoms with Crippen molar-refractivity contribution in [1.82, 2.24) is 10.3 Å². The third kappa shape index (κ3) is 5.39. The molecule has 0 aromatic carbocycles. The van der Waals surface area contributed by atoms with Crippen LogP contribution in [0.3, 0.4) is 0 Å². The van der Waals surface area contributed by atoms with E-state index in [2.05, 4.69) is 27.4 Å². The van der Waals surface area contributed by atoms with Crippen LogP contribution in [0.5, 0.6) is 0 Å². The number of amides is 1. The minimum Gasteiger partial charge on any atom is -0.444 e. The largest absolute Gasteiger partial charge is 0.444 e. The number of pyridine rings is 1. The van der Waals surface area contributed by atoms with E-state index in [1.54, 1.807) is 12.4 Å². The summed E-state index contributed by atoms with van der Waals surface area (Å²) >= 11 is 4.73. The predicted octanol–water partition coefficient (Wildman–Crippen LogP) is 4.61. The van der Waals surface area contributed by atoms with E-state index in [-0.39, 0.29) is 12.1 Å². The lowest BCUT2D eigenvalue weighted by Crippen LogP contribution is -2.42. The monoisotopic (exact) mass is 347 g/mol. The quantitative estimate of drug-likeness (QED) is 0.640. The van der Waals surface area contributed by atoms with Gasteiger partial charge in [-0.3, -0.25) is 4.98 Å². The maximum atomic E-state index is 12.1. The molecule has 1 N–H and O–H groups in total. The zero-order valence-corrected chi connectivity index (χ0v) is 15.5. The summed E-state index contributed by atoms with van der Waals surface area (Å²) in [7, 11) is 0. The molecule has 5 nitrogen and oxygen atoms in total. The summed E-state index contributed by atoms with van der Waals surface area (Å²) in [5.74, 6) is 0.806. The molecular formula is C18H25N3O2S. The zero-order chi connectivity index (χ0) is 17.7. The van der Waals surface area contributed by atoms with E-state index in [9.17, 15) is 4.79 Å². The molecule has 2 rings (SSSR count). The Morgan fingerprint density at radius 2 is 2.17 bits per heavy atom. The molecule has 1 fully saturated rings. The average molecular weight is 347 g/mol.